The third-order valence-electron chi connectivity index (χ3n) is 2.51. The highest BCUT2D eigenvalue weighted by molar-refractivity contribution is 5.85. The third-order valence-corrected chi connectivity index (χ3v) is 2.51. The normalized spacial score (nSPS) is 11.3. The lowest BCUT2D eigenvalue weighted by Crippen LogP contribution is -2.09. The number of aromatic carboxylic acids is 1. The van der Waals surface area contributed by atoms with Crippen molar-refractivity contribution in [2.24, 2.45) is 0 Å². The molecule has 0 saturated heterocycles. The minimum absolute atomic E-state index is 0.0104. The Kier molecular flexibility index (Phi) is 2.79. The Morgan fingerprint density at radius 1 is 1.47 bits per heavy atom. The molecule has 0 radical (unpaired) electrons. The smallest absolute Gasteiger partial charge is 0.354 e. The average Bonchev–Trinajstić information content (AvgIpc) is 2.69. The van der Waals surface area contributed by atoms with Gasteiger partial charge in [0.15, 0.2) is 11.5 Å². The molecule has 0 bridgehead atoms. The average molecular weight is 234 g/mol. The van der Waals surface area contributed by atoms with E-state index < -0.39 is 5.97 Å². The lowest BCUT2D eigenvalue weighted by Gasteiger charge is -2.07. The van der Waals surface area contributed by atoms with Crippen molar-refractivity contribution in [1.82, 2.24) is 19.6 Å². The van der Waals surface area contributed by atoms with Crippen LogP contribution < -0.4 is 0 Å². The predicted molar refractivity (Wildman–Crippen MR) is 61.2 cm³/mol. The maximum Gasteiger partial charge on any atom is 0.354 e. The first-order chi connectivity index (χ1) is 8.02. The number of carboxylic acid groups (broad SMARTS) is 1. The molecule has 2 heterocycles. The summed E-state index contributed by atoms with van der Waals surface area (Å²) in [5.41, 5.74) is 0.816. The molecule has 0 unspecified atom stereocenters. The van der Waals surface area contributed by atoms with Crippen LogP contribution in [0.15, 0.2) is 6.07 Å². The van der Waals surface area contributed by atoms with Crippen LogP contribution >= 0.6 is 0 Å². The molecule has 0 aliphatic heterocycles. The molecule has 0 aromatic carbocycles. The van der Waals surface area contributed by atoms with Crippen LogP contribution in [0.3, 0.4) is 0 Å². The molecule has 0 amide bonds. The summed E-state index contributed by atoms with van der Waals surface area (Å²) in [4.78, 5) is 19.1. The quantitative estimate of drug-likeness (QED) is 0.870. The van der Waals surface area contributed by atoms with Gasteiger partial charge < -0.3 is 5.11 Å². The summed E-state index contributed by atoms with van der Waals surface area (Å²) >= 11 is 0. The summed E-state index contributed by atoms with van der Waals surface area (Å²) in [6.45, 7) is 5.91. The SMILES string of the molecule is CCc1nc2nc(C(=O)O)cc(C(C)C)n2n1. The van der Waals surface area contributed by atoms with Crippen molar-refractivity contribution in [2.45, 2.75) is 33.1 Å². The van der Waals surface area contributed by atoms with E-state index in [-0.39, 0.29) is 11.6 Å². The molecule has 2 aromatic heterocycles. The number of carbonyl (C=O) groups is 1. The van der Waals surface area contributed by atoms with Crippen LogP contribution in [0.5, 0.6) is 0 Å². The third kappa shape index (κ3) is 1.98. The van der Waals surface area contributed by atoms with E-state index in [1.54, 1.807) is 10.6 Å². The maximum atomic E-state index is 11.0. The summed E-state index contributed by atoms with van der Waals surface area (Å²) in [5, 5.41) is 13.3. The van der Waals surface area contributed by atoms with Crippen LogP contribution in [0.25, 0.3) is 5.78 Å². The summed E-state index contributed by atoms with van der Waals surface area (Å²) < 4.78 is 1.62. The first-order valence-electron chi connectivity index (χ1n) is 5.52. The summed E-state index contributed by atoms with van der Waals surface area (Å²) in [5.74, 6) is 0.132. The molecule has 0 atom stereocenters. The van der Waals surface area contributed by atoms with E-state index in [1.165, 1.54) is 0 Å². The van der Waals surface area contributed by atoms with E-state index in [4.69, 9.17) is 5.11 Å². The van der Waals surface area contributed by atoms with E-state index in [0.29, 0.717) is 18.0 Å². The van der Waals surface area contributed by atoms with Crippen LogP contribution in [0.4, 0.5) is 0 Å². The number of aryl methyl sites for hydroxylation is 1. The molecule has 2 rings (SSSR count). The Balaban J connectivity index is 2.73. The van der Waals surface area contributed by atoms with Gasteiger partial charge in [-0.25, -0.2) is 14.3 Å². The van der Waals surface area contributed by atoms with Crippen LogP contribution in [0.2, 0.25) is 0 Å². The fourth-order valence-corrected chi connectivity index (χ4v) is 1.60. The number of rotatable bonds is 3. The minimum atomic E-state index is -1.05. The highest BCUT2D eigenvalue weighted by Gasteiger charge is 2.15. The largest absolute Gasteiger partial charge is 0.477 e. The van der Waals surface area contributed by atoms with Gasteiger partial charge >= 0.3 is 5.97 Å². The van der Waals surface area contributed by atoms with E-state index in [1.807, 2.05) is 20.8 Å². The number of nitrogens with zero attached hydrogens (tertiary/aromatic N) is 4. The van der Waals surface area contributed by atoms with Crippen molar-refractivity contribution in [1.29, 1.82) is 0 Å². The van der Waals surface area contributed by atoms with Gasteiger partial charge in [-0.1, -0.05) is 20.8 Å². The second-order valence-electron chi connectivity index (χ2n) is 4.12. The Hall–Kier alpha value is -1.98. The number of carboxylic acids is 1. The molecule has 17 heavy (non-hydrogen) atoms. The Bertz CT molecular complexity index is 574. The monoisotopic (exact) mass is 234 g/mol. The van der Waals surface area contributed by atoms with Crippen molar-refractivity contribution in [3.63, 3.8) is 0 Å². The van der Waals surface area contributed by atoms with Gasteiger partial charge in [-0.2, -0.15) is 4.98 Å². The van der Waals surface area contributed by atoms with Crippen molar-refractivity contribution < 1.29 is 9.90 Å². The lowest BCUT2D eigenvalue weighted by molar-refractivity contribution is 0.0690. The lowest BCUT2D eigenvalue weighted by atomic mass is 10.1. The number of fused-ring (bicyclic) bond motifs is 1. The van der Waals surface area contributed by atoms with Crippen LogP contribution in [0, 0.1) is 0 Å². The van der Waals surface area contributed by atoms with Gasteiger partial charge in [-0.3, -0.25) is 0 Å². The van der Waals surface area contributed by atoms with Crippen molar-refractivity contribution in [2.75, 3.05) is 0 Å². The van der Waals surface area contributed by atoms with Gasteiger partial charge in [-0.05, 0) is 12.0 Å². The molecule has 2 aromatic rings. The van der Waals surface area contributed by atoms with Crippen molar-refractivity contribution in [3.8, 4) is 0 Å². The molecule has 0 spiro atoms. The first-order valence-corrected chi connectivity index (χ1v) is 5.52. The molecule has 0 aliphatic rings. The topological polar surface area (TPSA) is 80.4 Å². The zero-order chi connectivity index (χ0) is 12.6. The highest BCUT2D eigenvalue weighted by Crippen LogP contribution is 2.16. The predicted octanol–water partition coefficient (Wildman–Crippen LogP) is 1.51. The number of aromatic nitrogens is 4. The van der Waals surface area contributed by atoms with Crippen LogP contribution in [0.1, 0.15) is 48.7 Å². The molecule has 0 fully saturated rings. The molecule has 6 nitrogen and oxygen atoms in total. The summed E-state index contributed by atoms with van der Waals surface area (Å²) in [7, 11) is 0. The minimum Gasteiger partial charge on any atom is -0.477 e. The Labute approximate surface area is 98.3 Å². The zero-order valence-corrected chi connectivity index (χ0v) is 10.0. The Morgan fingerprint density at radius 3 is 2.71 bits per heavy atom. The van der Waals surface area contributed by atoms with Gasteiger partial charge in [0, 0.05) is 6.42 Å². The fourth-order valence-electron chi connectivity index (χ4n) is 1.60. The van der Waals surface area contributed by atoms with Crippen molar-refractivity contribution in [3.05, 3.63) is 23.3 Å². The van der Waals surface area contributed by atoms with Gasteiger partial charge in [0.25, 0.3) is 5.78 Å². The van der Waals surface area contributed by atoms with Gasteiger partial charge in [0.2, 0.25) is 0 Å². The molecule has 0 saturated carbocycles. The van der Waals surface area contributed by atoms with Gasteiger partial charge in [-0.15, -0.1) is 5.10 Å². The van der Waals surface area contributed by atoms with Crippen molar-refractivity contribution >= 4 is 11.7 Å². The molecule has 6 heteroatoms. The second-order valence-corrected chi connectivity index (χ2v) is 4.12. The van der Waals surface area contributed by atoms with E-state index >= 15 is 0 Å². The molecular weight excluding hydrogens is 220 g/mol. The van der Waals surface area contributed by atoms with Gasteiger partial charge in [0.1, 0.15) is 0 Å². The molecule has 1 N–H and O–H groups in total. The standard InChI is InChI=1S/C11H14N4O2/c1-4-9-13-11-12-7(10(16)17)5-8(6(2)3)15(11)14-9/h5-6H,4H2,1-3H3,(H,16,17). The molecule has 90 valence electrons. The van der Waals surface area contributed by atoms with E-state index in [2.05, 4.69) is 15.1 Å². The van der Waals surface area contributed by atoms with Crippen LogP contribution in [-0.4, -0.2) is 30.7 Å². The van der Waals surface area contributed by atoms with E-state index in [9.17, 15) is 4.79 Å². The number of hydrogen-bond donors (Lipinski definition) is 1. The molecule has 0 aliphatic carbocycles. The maximum absolute atomic E-state index is 11.0. The summed E-state index contributed by atoms with van der Waals surface area (Å²) in [6.07, 6.45) is 0.698. The highest BCUT2D eigenvalue weighted by atomic mass is 16.4. The molecular formula is C11H14N4O2. The first kappa shape index (κ1) is 11.5. The second kappa shape index (κ2) is 4.12. The Morgan fingerprint density at radius 2 is 2.18 bits per heavy atom. The summed E-state index contributed by atoms with van der Waals surface area (Å²) in [6, 6.07) is 1.55. The zero-order valence-electron chi connectivity index (χ0n) is 10.0. The van der Waals surface area contributed by atoms with Crippen LogP contribution in [-0.2, 0) is 6.42 Å². The van der Waals surface area contributed by atoms with E-state index in [0.717, 1.165) is 5.69 Å². The number of hydrogen-bond acceptors (Lipinski definition) is 4. The van der Waals surface area contributed by atoms with Gasteiger partial charge in [0.05, 0.1) is 5.69 Å². The fraction of sp³-hybridized carbons (Fsp3) is 0.455.